The number of ether oxygens (including phenoxy) is 2. The number of hydrogen-bond acceptors (Lipinski definition) is 6. The maximum atomic E-state index is 13.4. The summed E-state index contributed by atoms with van der Waals surface area (Å²) in [5.41, 5.74) is 2.68. The van der Waals surface area contributed by atoms with E-state index in [0.29, 0.717) is 44.0 Å². The van der Waals surface area contributed by atoms with E-state index in [0.717, 1.165) is 6.42 Å². The normalized spacial score (nSPS) is 12.2. The van der Waals surface area contributed by atoms with Crippen LogP contribution in [0.3, 0.4) is 0 Å². The van der Waals surface area contributed by atoms with Gasteiger partial charge in [0.15, 0.2) is 16.7 Å². The van der Waals surface area contributed by atoms with E-state index in [1.54, 1.807) is 28.8 Å². The summed E-state index contributed by atoms with van der Waals surface area (Å²) in [5, 5.41) is 4.09. The number of thioether (sulfide) groups is 1. The summed E-state index contributed by atoms with van der Waals surface area (Å²) < 4.78 is 12.2. The van der Waals surface area contributed by atoms with Gasteiger partial charge >= 0.3 is 0 Å². The molecule has 0 spiro atoms. The summed E-state index contributed by atoms with van der Waals surface area (Å²) in [6.45, 7) is 2.19. The van der Waals surface area contributed by atoms with Crippen LogP contribution in [-0.4, -0.2) is 28.0 Å². The Labute approximate surface area is 204 Å². The molecule has 172 valence electrons. The zero-order valence-corrected chi connectivity index (χ0v) is 19.8. The standard InChI is InChI=1S/C25H20ClN3O4S/c1-2-15-7-9-16(10-8-15)29-24(31)17-5-3-4-6-19(17)28-25(29)34-13-23(30)27-20-12-22-21(11-18(20)26)32-14-33-22/h3-12H,2,13-14H2,1H3,(H,27,30). The zero-order valence-electron chi connectivity index (χ0n) is 18.2. The second-order valence-corrected chi connectivity index (χ2v) is 8.94. The molecule has 1 N–H and O–H groups in total. The van der Waals surface area contributed by atoms with Gasteiger partial charge in [-0.15, -0.1) is 0 Å². The molecule has 9 heteroatoms. The molecule has 1 aliphatic rings. The minimum absolute atomic E-state index is 0.0304. The number of anilines is 1. The van der Waals surface area contributed by atoms with Crippen molar-refractivity contribution in [3.63, 3.8) is 0 Å². The number of halogens is 1. The highest BCUT2D eigenvalue weighted by atomic mass is 35.5. The molecule has 0 aliphatic carbocycles. The van der Waals surface area contributed by atoms with Gasteiger partial charge in [0.2, 0.25) is 12.7 Å². The van der Waals surface area contributed by atoms with E-state index >= 15 is 0 Å². The Balaban J connectivity index is 1.44. The van der Waals surface area contributed by atoms with Gasteiger partial charge in [0, 0.05) is 12.1 Å². The number of carbonyl (C=O) groups is 1. The number of aryl methyl sites for hydroxylation is 1. The van der Waals surface area contributed by atoms with Crippen LogP contribution in [0.25, 0.3) is 16.6 Å². The van der Waals surface area contributed by atoms with Gasteiger partial charge in [0.25, 0.3) is 5.56 Å². The molecule has 3 aromatic carbocycles. The molecule has 0 bridgehead atoms. The molecule has 1 aromatic heterocycles. The quantitative estimate of drug-likeness (QED) is 0.298. The van der Waals surface area contributed by atoms with Crippen molar-refractivity contribution in [3.8, 4) is 17.2 Å². The van der Waals surface area contributed by atoms with Crippen LogP contribution in [0.5, 0.6) is 11.5 Å². The number of benzene rings is 3. The highest BCUT2D eigenvalue weighted by molar-refractivity contribution is 7.99. The van der Waals surface area contributed by atoms with E-state index in [1.807, 2.05) is 36.4 Å². The van der Waals surface area contributed by atoms with Crippen LogP contribution in [0.2, 0.25) is 5.02 Å². The molecule has 0 atom stereocenters. The fourth-order valence-corrected chi connectivity index (χ4v) is 4.66. The molecular weight excluding hydrogens is 474 g/mol. The Kier molecular flexibility index (Phi) is 6.17. The molecule has 34 heavy (non-hydrogen) atoms. The van der Waals surface area contributed by atoms with Crippen molar-refractivity contribution < 1.29 is 14.3 Å². The first-order chi connectivity index (χ1) is 16.5. The van der Waals surface area contributed by atoms with Gasteiger partial charge in [-0.3, -0.25) is 14.2 Å². The molecule has 4 aromatic rings. The Morgan fingerprint density at radius 3 is 2.62 bits per heavy atom. The Morgan fingerprint density at radius 2 is 1.85 bits per heavy atom. The van der Waals surface area contributed by atoms with Crippen molar-refractivity contribution in [2.75, 3.05) is 17.9 Å². The zero-order chi connectivity index (χ0) is 23.7. The summed E-state index contributed by atoms with van der Waals surface area (Å²) in [6.07, 6.45) is 0.898. The number of hydrogen-bond donors (Lipinski definition) is 1. The highest BCUT2D eigenvalue weighted by Crippen LogP contribution is 2.39. The first kappa shape index (κ1) is 22.3. The van der Waals surface area contributed by atoms with E-state index in [4.69, 9.17) is 21.1 Å². The van der Waals surface area contributed by atoms with Gasteiger partial charge in [-0.2, -0.15) is 0 Å². The molecular formula is C25H20ClN3O4S. The lowest BCUT2D eigenvalue weighted by atomic mass is 10.1. The van der Waals surface area contributed by atoms with Crippen LogP contribution in [0.1, 0.15) is 12.5 Å². The topological polar surface area (TPSA) is 82.5 Å². The van der Waals surface area contributed by atoms with Crippen LogP contribution in [-0.2, 0) is 11.2 Å². The predicted molar refractivity (Wildman–Crippen MR) is 134 cm³/mol. The summed E-state index contributed by atoms with van der Waals surface area (Å²) in [4.78, 5) is 30.8. The van der Waals surface area contributed by atoms with Gasteiger partial charge in [-0.05, 0) is 36.2 Å². The molecule has 0 fully saturated rings. The molecule has 0 radical (unpaired) electrons. The fraction of sp³-hybridized carbons (Fsp3) is 0.160. The summed E-state index contributed by atoms with van der Waals surface area (Å²) in [5.74, 6) is 0.799. The second-order valence-electron chi connectivity index (χ2n) is 7.59. The van der Waals surface area contributed by atoms with E-state index in [-0.39, 0.29) is 24.0 Å². The summed E-state index contributed by atoms with van der Waals surface area (Å²) >= 11 is 7.45. The van der Waals surface area contributed by atoms with Crippen LogP contribution < -0.4 is 20.3 Å². The number of amides is 1. The molecule has 0 unspecified atom stereocenters. The molecule has 0 saturated carbocycles. The second kappa shape index (κ2) is 9.40. The molecule has 7 nitrogen and oxygen atoms in total. The largest absolute Gasteiger partial charge is 0.454 e. The number of nitrogens with one attached hydrogen (secondary N) is 1. The number of aromatic nitrogens is 2. The predicted octanol–water partition coefficient (Wildman–Crippen LogP) is 5.06. The van der Waals surface area contributed by atoms with Crippen molar-refractivity contribution in [2.45, 2.75) is 18.5 Å². The van der Waals surface area contributed by atoms with Crippen molar-refractivity contribution in [1.82, 2.24) is 9.55 Å². The van der Waals surface area contributed by atoms with Gasteiger partial charge in [0.1, 0.15) is 0 Å². The Morgan fingerprint density at radius 1 is 1.12 bits per heavy atom. The van der Waals surface area contributed by atoms with Crippen molar-refractivity contribution >= 4 is 45.9 Å². The molecule has 0 saturated heterocycles. The minimum Gasteiger partial charge on any atom is -0.454 e. The number of carbonyl (C=O) groups excluding carboxylic acids is 1. The van der Waals surface area contributed by atoms with Crippen LogP contribution in [0.4, 0.5) is 5.69 Å². The SMILES string of the molecule is CCc1ccc(-n2c(SCC(=O)Nc3cc4c(cc3Cl)OCO4)nc3ccccc3c2=O)cc1. The summed E-state index contributed by atoms with van der Waals surface area (Å²) in [7, 11) is 0. The monoisotopic (exact) mass is 493 g/mol. The van der Waals surface area contributed by atoms with E-state index in [1.165, 1.54) is 17.3 Å². The van der Waals surface area contributed by atoms with Crippen molar-refractivity contribution in [2.24, 2.45) is 0 Å². The average Bonchev–Trinajstić information content (AvgIpc) is 3.30. The Hall–Kier alpha value is -3.49. The first-order valence-corrected chi connectivity index (χ1v) is 12.0. The van der Waals surface area contributed by atoms with E-state index in [2.05, 4.69) is 17.2 Å². The maximum absolute atomic E-state index is 13.4. The number of nitrogens with zero attached hydrogens (tertiary/aromatic N) is 2. The summed E-state index contributed by atoms with van der Waals surface area (Å²) in [6, 6.07) is 18.2. The third-order valence-electron chi connectivity index (χ3n) is 5.42. The van der Waals surface area contributed by atoms with Crippen molar-refractivity contribution in [3.05, 3.63) is 81.6 Å². The van der Waals surface area contributed by atoms with Gasteiger partial charge in [0.05, 0.1) is 33.1 Å². The number of rotatable bonds is 6. The molecule has 5 rings (SSSR count). The highest BCUT2D eigenvalue weighted by Gasteiger charge is 2.19. The lowest BCUT2D eigenvalue weighted by Gasteiger charge is -2.14. The average molecular weight is 494 g/mol. The van der Waals surface area contributed by atoms with Gasteiger partial charge in [-0.1, -0.05) is 54.6 Å². The fourth-order valence-electron chi connectivity index (χ4n) is 3.65. The van der Waals surface area contributed by atoms with Crippen LogP contribution in [0.15, 0.2) is 70.6 Å². The number of para-hydroxylation sites is 1. The van der Waals surface area contributed by atoms with Gasteiger partial charge in [-0.25, -0.2) is 4.98 Å². The Bertz CT molecular complexity index is 1450. The minimum atomic E-state index is -0.291. The van der Waals surface area contributed by atoms with Gasteiger partial charge < -0.3 is 14.8 Å². The van der Waals surface area contributed by atoms with Crippen LogP contribution in [0, 0.1) is 0 Å². The molecule has 1 amide bonds. The lowest BCUT2D eigenvalue weighted by molar-refractivity contribution is -0.113. The molecule has 2 heterocycles. The third-order valence-corrected chi connectivity index (χ3v) is 6.67. The third kappa shape index (κ3) is 4.34. The van der Waals surface area contributed by atoms with E-state index in [9.17, 15) is 9.59 Å². The van der Waals surface area contributed by atoms with E-state index < -0.39 is 0 Å². The smallest absolute Gasteiger partial charge is 0.266 e. The number of fused-ring (bicyclic) bond motifs is 2. The molecule has 1 aliphatic heterocycles. The maximum Gasteiger partial charge on any atom is 0.266 e. The van der Waals surface area contributed by atoms with Crippen LogP contribution >= 0.6 is 23.4 Å². The lowest BCUT2D eigenvalue weighted by Crippen LogP contribution is -2.23. The first-order valence-electron chi connectivity index (χ1n) is 10.7. The van der Waals surface area contributed by atoms with Crippen molar-refractivity contribution in [1.29, 1.82) is 0 Å².